The quantitative estimate of drug-likeness (QED) is 0.784. The fraction of sp³-hybridized carbons (Fsp3) is 0.429. The van der Waals surface area contributed by atoms with Crippen LogP contribution >= 0.6 is 11.6 Å². The summed E-state index contributed by atoms with van der Waals surface area (Å²) in [6, 6.07) is 8.07. The zero-order valence-corrected chi connectivity index (χ0v) is 11.4. The largest absolute Gasteiger partial charge is 0.349 e. The van der Waals surface area contributed by atoms with Crippen LogP contribution in [0.25, 0.3) is 10.8 Å². The number of hydrogen-bond donors (Lipinski definition) is 0. The minimum atomic E-state index is 0.144. The lowest BCUT2D eigenvalue weighted by Crippen LogP contribution is -2.38. The van der Waals surface area contributed by atoms with Gasteiger partial charge in [0.2, 0.25) is 0 Å². The van der Waals surface area contributed by atoms with Crippen molar-refractivity contribution < 1.29 is 0 Å². The van der Waals surface area contributed by atoms with E-state index >= 15 is 0 Å². The normalized spacial score (nSPS) is 18.5. The van der Waals surface area contributed by atoms with Gasteiger partial charge >= 0.3 is 0 Å². The summed E-state index contributed by atoms with van der Waals surface area (Å²) in [4.78, 5) is 2.35. The van der Waals surface area contributed by atoms with Crippen molar-refractivity contribution in [3.63, 3.8) is 0 Å². The molecular weight excluding hydrogens is 246 g/mol. The molecule has 0 bridgehead atoms. The Morgan fingerprint density at radius 2 is 1.89 bits per heavy atom. The molecule has 1 fully saturated rings. The Bertz CT molecular complexity index is 595. The minimum Gasteiger partial charge on any atom is -0.349 e. The molecule has 1 aliphatic heterocycles. The van der Waals surface area contributed by atoms with E-state index in [9.17, 15) is 0 Å². The molecule has 0 saturated carbocycles. The molecule has 3 rings (SSSR count). The summed E-state index contributed by atoms with van der Waals surface area (Å²) in [6.07, 6.45) is 2.39. The number of benzene rings is 1. The maximum atomic E-state index is 6.11. The smallest absolute Gasteiger partial charge is 0.159 e. The Labute approximate surface area is 112 Å². The molecule has 2 heterocycles. The third kappa shape index (κ3) is 1.74. The van der Waals surface area contributed by atoms with E-state index in [-0.39, 0.29) is 5.54 Å². The number of halogens is 1. The summed E-state index contributed by atoms with van der Waals surface area (Å²) in [7, 11) is 0. The van der Waals surface area contributed by atoms with Gasteiger partial charge in [0.15, 0.2) is 11.0 Å². The maximum Gasteiger partial charge on any atom is 0.159 e. The highest BCUT2D eigenvalue weighted by molar-refractivity contribution is 6.34. The second-order valence-electron chi connectivity index (χ2n) is 5.43. The number of rotatable bonds is 1. The van der Waals surface area contributed by atoms with Crippen LogP contribution in [-0.4, -0.2) is 22.3 Å². The van der Waals surface area contributed by atoms with Gasteiger partial charge in [0, 0.05) is 22.9 Å². The van der Waals surface area contributed by atoms with E-state index in [4.69, 9.17) is 11.6 Å². The number of aromatic nitrogens is 2. The SMILES string of the molecule is CC1(C)CCCN1c1nnc(Cl)c2ccccc12. The molecule has 2 aromatic rings. The van der Waals surface area contributed by atoms with Crippen LogP contribution in [0.5, 0.6) is 0 Å². The zero-order valence-electron chi connectivity index (χ0n) is 10.7. The van der Waals surface area contributed by atoms with Gasteiger partial charge in [-0.25, -0.2) is 0 Å². The second kappa shape index (κ2) is 4.09. The van der Waals surface area contributed by atoms with Gasteiger partial charge in [-0.1, -0.05) is 35.9 Å². The average Bonchev–Trinajstić information content (AvgIpc) is 2.70. The minimum absolute atomic E-state index is 0.144. The van der Waals surface area contributed by atoms with Crippen LogP contribution in [0.3, 0.4) is 0 Å². The van der Waals surface area contributed by atoms with Crippen molar-refractivity contribution in [1.82, 2.24) is 10.2 Å². The van der Waals surface area contributed by atoms with Gasteiger partial charge in [0.25, 0.3) is 0 Å². The van der Waals surface area contributed by atoms with E-state index in [1.165, 1.54) is 12.8 Å². The summed E-state index contributed by atoms with van der Waals surface area (Å²) >= 11 is 6.11. The molecule has 1 saturated heterocycles. The van der Waals surface area contributed by atoms with Crippen molar-refractivity contribution in [1.29, 1.82) is 0 Å². The summed E-state index contributed by atoms with van der Waals surface area (Å²) in [5.41, 5.74) is 0.144. The Morgan fingerprint density at radius 1 is 1.17 bits per heavy atom. The van der Waals surface area contributed by atoms with Crippen molar-refractivity contribution in [3.05, 3.63) is 29.4 Å². The Morgan fingerprint density at radius 3 is 2.56 bits per heavy atom. The highest BCUT2D eigenvalue weighted by Crippen LogP contribution is 2.36. The predicted molar refractivity (Wildman–Crippen MR) is 75.2 cm³/mol. The third-order valence-corrected chi connectivity index (χ3v) is 4.06. The molecule has 0 radical (unpaired) electrons. The molecule has 0 spiro atoms. The number of hydrogen-bond acceptors (Lipinski definition) is 3. The molecule has 94 valence electrons. The van der Waals surface area contributed by atoms with Crippen molar-refractivity contribution in [2.45, 2.75) is 32.2 Å². The van der Waals surface area contributed by atoms with Crippen LogP contribution in [0.2, 0.25) is 5.15 Å². The van der Waals surface area contributed by atoms with Crippen LogP contribution < -0.4 is 4.90 Å². The third-order valence-electron chi connectivity index (χ3n) is 3.78. The summed E-state index contributed by atoms with van der Waals surface area (Å²) in [5.74, 6) is 0.956. The van der Waals surface area contributed by atoms with Crippen LogP contribution in [0.1, 0.15) is 26.7 Å². The Hall–Kier alpha value is -1.35. The average molecular weight is 262 g/mol. The molecule has 0 unspecified atom stereocenters. The molecular formula is C14H16ClN3. The fourth-order valence-electron chi connectivity index (χ4n) is 2.76. The first-order valence-corrected chi connectivity index (χ1v) is 6.66. The highest BCUT2D eigenvalue weighted by Gasteiger charge is 2.34. The standard InChI is InChI=1S/C14H16ClN3/c1-14(2)8-5-9-18(14)13-11-7-4-3-6-10(11)12(15)16-17-13/h3-4,6-7H,5,8-9H2,1-2H3. The van der Waals surface area contributed by atoms with Gasteiger partial charge < -0.3 is 4.90 Å². The van der Waals surface area contributed by atoms with Gasteiger partial charge in [-0.15, -0.1) is 10.2 Å². The molecule has 0 N–H and O–H groups in total. The first-order valence-electron chi connectivity index (χ1n) is 6.28. The maximum absolute atomic E-state index is 6.11. The molecule has 1 aliphatic rings. The first kappa shape index (κ1) is 11.7. The molecule has 1 aromatic heterocycles. The van der Waals surface area contributed by atoms with Crippen LogP contribution in [0.4, 0.5) is 5.82 Å². The lowest BCUT2D eigenvalue weighted by atomic mass is 10.0. The Balaban J connectivity index is 2.21. The van der Waals surface area contributed by atoms with Gasteiger partial charge in [-0.2, -0.15) is 0 Å². The highest BCUT2D eigenvalue weighted by atomic mass is 35.5. The van der Waals surface area contributed by atoms with E-state index in [1.807, 2.05) is 18.2 Å². The molecule has 0 atom stereocenters. The van der Waals surface area contributed by atoms with E-state index in [0.29, 0.717) is 5.15 Å². The Kier molecular flexibility index (Phi) is 2.67. The topological polar surface area (TPSA) is 29.0 Å². The van der Waals surface area contributed by atoms with E-state index in [1.54, 1.807) is 0 Å². The van der Waals surface area contributed by atoms with Gasteiger partial charge in [0.05, 0.1) is 0 Å². The molecule has 18 heavy (non-hydrogen) atoms. The summed E-state index contributed by atoms with van der Waals surface area (Å²) in [5, 5.41) is 11.0. The zero-order chi connectivity index (χ0) is 12.8. The number of nitrogens with zero attached hydrogens (tertiary/aromatic N) is 3. The van der Waals surface area contributed by atoms with Gasteiger partial charge in [-0.3, -0.25) is 0 Å². The van der Waals surface area contributed by atoms with E-state index < -0.39 is 0 Å². The molecule has 1 aromatic carbocycles. The summed E-state index contributed by atoms with van der Waals surface area (Å²) in [6.45, 7) is 5.55. The fourth-order valence-corrected chi connectivity index (χ4v) is 2.96. The van der Waals surface area contributed by atoms with E-state index in [0.717, 1.165) is 23.1 Å². The van der Waals surface area contributed by atoms with Crippen LogP contribution in [-0.2, 0) is 0 Å². The predicted octanol–water partition coefficient (Wildman–Crippen LogP) is 3.66. The second-order valence-corrected chi connectivity index (χ2v) is 5.79. The lowest BCUT2D eigenvalue weighted by molar-refractivity contribution is 0.514. The van der Waals surface area contributed by atoms with E-state index in [2.05, 4.69) is 35.0 Å². The lowest BCUT2D eigenvalue weighted by Gasteiger charge is -2.33. The summed E-state index contributed by atoms with van der Waals surface area (Å²) < 4.78 is 0. The molecule has 0 aliphatic carbocycles. The van der Waals surface area contributed by atoms with Crippen LogP contribution in [0.15, 0.2) is 24.3 Å². The van der Waals surface area contributed by atoms with Gasteiger partial charge in [-0.05, 0) is 26.7 Å². The van der Waals surface area contributed by atoms with Crippen molar-refractivity contribution in [3.8, 4) is 0 Å². The number of fused-ring (bicyclic) bond motifs is 1. The first-order chi connectivity index (χ1) is 8.59. The molecule has 4 heteroatoms. The molecule has 0 amide bonds. The monoisotopic (exact) mass is 261 g/mol. The van der Waals surface area contributed by atoms with Crippen LogP contribution in [0, 0.1) is 0 Å². The van der Waals surface area contributed by atoms with Crippen molar-refractivity contribution in [2.24, 2.45) is 0 Å². The van der Waals surface area contributed by atoms with Crippen molar-refractivity contribution in [2.75, 3.05) is 11.4 Å². The van der Waals surface area contributed by atoms with Gasteiger partial charge in [0.1, 0.15) is 0 Å². The number of anilines is 1. The van der Waals surface area contributed by atoms with Crippen molar-refractivity contribution >= 4 is 28.2 Å². The molecule has 3 nitrogen and oxygen atoms in total.